The van der Waals surface area contributed by atoms with Crippen LogP contribution in [0.5, 0.6) is 5.75 Å². The van der Waals surface area contributed by atoms with Crippen LogP contribution in [0.1, 0.15) is 16.7 Å². The fourth-order valence-corrected chi connectivity index (χ4v) is 2.86. The normalized spacial score (nSPS) is 11.3. The van der Waals surface area contributed by atoms with E-state index in [9.17, 15) is 0 Å². The summed E-state index contributed by atoms with van der Waals surface area (Å²) < 4.78 is 5.90. The Balaban J connectivity index is 1.91. The summed E-state index contributed by atoms with van der Waals surface area (Å²) in [6.45, 7) is 0.382. The molecule has 0 heterocycles. The van der Waals surface area contributed by atoms with Crippen molar-refractivity contribution in [2.45, 2.75) is 6.61 Å². The largest absolute Gasteiger partial charge is 0.489 e. The summed E-state index contributed by atoms with van der Waals surface area (Å²) in [5, 5.41) is 5.53. The molecule has 0 spiro atoms. The van der Waals surface area contributed by atoms with E-state index in [0.717, 1.165) is 22.4 Å². The molecule has 0 saturated carbocycles. The number of nitrogens with zero attached hydrogens (tertiary/aromatic N) is 1. The highest BCUT2D eigenvalue weighted by molar-refractivity contribution is 6.31. The Morgan fingerprint density at radius 2 is 1.65 bits per heavy atom. The second kappa shape index (κ2) is 8.75. The Bertz CT molecular complexity index is 908. The number of halogens is 2. The highest BCUT2D eigenvalue weighted by Gasteiger charge is 2.13. The summed E-state index contributed by atoms with van der Waals surface area (Å²) in [5.41, 5.74) is 3.54. The van der Waals surface area contributed by atoms with E-state index < -0.39 is 0 Å². The van der Waals surface area contributed by atoms with Crippen LogP contribution >= 0.6 is 23.2 Å². The highest BCUT2D eigenvalue weighted by Crippen LogP contribution is 2.22. The van der Waals surface area contributed by atoms with Crippen molar-refractivity contribution in [3.63, 3.8) is 0 Å². The second-order valence-corrected chi connectivity index (χ2v) is 6.41. The van der Waals surface area contributed by atoms with Crippen LogP contribution in [-0.2, 0) is 11.4 Å². The first kappa shape index (κ1) is 18.3. The molecule has 5 heteroatoms. The van der Waals surface area contributed by atoms with Crippen LogP contribution in [0.25, 0.3) is 0 Å². The summed E-state index contributed by atoms with van der Waals surface area (Å²) in [7, 11) is 1.53. The van der Waals surface area contributed by atoms with Gasteiger partial charge in [0.2, 0.25) is 0 Å². The first-order chi connectivity index (χ1) is 12.7. The van der Waals surface area contributed by atoms with Gasteiger partial charge in [-0.1, -0.05) is 70.8 Å². The zero-order valence-electron chi connectivity index (χ0n) is 14.2. The number of hydrogen-bond acceptors (Lipinski definition) is 3. The van der Waals surface area contributed by atoms with Crippen LogP contribution in [0.4, 0.5) is 0 Å². The zero-order chi connectivity index (χ0) is 18.4. The van der Waals surface area contributed by atoms with Crippen molar-refractivity contribution < 1.29 is 9.57 Å². The van der Waals surface area contributed by atoms with Crippen LogP contribution in [0.2, 0.25) is 10.0 Å². The summed E-state index contributed by atoms with van der Waals surface area (Å²) in [6, 6.07) is 22.7. The maximum Gasteiger partial charge on any atom is 0.121 e. The van der Waals surface area contributed by atoms with E-state index in [1.807, 2.05) is 66.7 Å². The minimum atomic E-state index is 0.382. The Labute approximate surface area is 162 Å². The van der Waals surface area contributed by atoms with E-state index in [2.05, 4.69) is 5.16 Å². The molecule has 132 valence electrons. The molecule has 0 unspecified atom stereocenters. The van der Waals surface area contributed by atoms with Crippen LogP contribution in [0.3, 0.4) is 0 Å². The van der Waals surface area contributed by atoms with Gasteiger partial charge in [-0.15, -0.1) is 0 Å². The van der Waals surface area contributed by atoms with Gasteiger partial charge in [0.25, 0.3) is 0 Å². The van der Waals surface area contributed by atoms with Gasteiger partial charge in [0.1, 0.15) is 25.2 Å². The van der Waals surface area contributed by atoms with Crippen molar-refractivity contribution in [3.8, 4) is 5.75 Å². The smallest absolute Gasteiger partial charge is 0.121 e. The lowest BCUT2D eigenvalue weighted by Gasteiger charge is -2.13. The molecule has 3 rings (SSSR count). The van der Waals surface area contributed by atoms with Crippen molar-refractivity contribution in [1.82, 2.24) is 0 Å². The Hall–Kier alpha value is -2.49. The fraction of sp³-hybridized carbons (Fsp3) is 0.0952. The van der Waals surface area contributed by atoms with E-state index in [4.69, 9.17) is 32.8 Å². The predicted molar refractivity (Wildman–Crippen MR) is 106 cm³/mol. The molecule has 3 aromatic rings. The third-order valence-electron chi connectivity index (χ3n) is 3.76. The molecular formula is C21H17Cl2NO2. The quantitative estimate of drug-likeness (QED) is 0.386. The van der Waals surface area contributed by atoms with E-state index in [1.54, 1.807) is 6.07 Å². The van der Waals surface area contributed by atoms with Crippen LogP contribution in [0, 0.1) is 0 Å². The summed E-state index contributed by atoms with van der Waals surface area (Å²) >= 11 is 12.0. The average Bonchev–Trinajstić information content (AvgIpc) is 2.66. The molecule has 0 aliphatic heterocycles. The third kappa shape index (κ3) is 4.57. The molecule has 0 aromatic heterocycles. The number of rotatable bonds is 6. The summed E-state index contributed by atoms with van der Waals surface area (Å²) in [6.07, 6.45) is 0. The molecule has 0 aliphatic carbocycles. The highest BCUT2D eigenvalue weighted by atomic mass is 35.5. The molecule has 0 fully saturated rings. The number of ether oxygens (including phenoxy) is 1. The minimum Gasteiger partial charge on any atom is -0.489 e. The van der Waals surface area contributed by atoms with Gasteiger partial charge in [-0.2, -0.15) is 0 Å². The van der Waals surface area contributed by atoms with Crippen molar-refractivity contribution in [2.75, 3.05) is 7.11 Å². The monoisotopic (exact) mass is 385 g/mol. The standard InChI is InChI=1S/C21H17Cl2NO2/c1-25-24-21(15-9-11-17(22)12-10-15)20-8-3-2-5-16(20)14-26-19-7-4-6-18(23)13-19/h2-13H,14H2,1H3/b24-21-. The van der Waals surface area contributed by atoms with Gasteiger partial charge in [0.05, 0.1) is 0 Å². The van der Waals surface area contributed by atoms with E-state index in [-0.39, 0.29) is 0 Å². The molecule has 0 N–H and O–H groups in total. The van der Waals surface area contributed by atoms with Crippen molar-refractivity contribution in [3.05, 3.63) is 99.5 Å². The number of hydrogen-bond donors (Lipinski definition) is 0. The van der Waals surface area contributed by atoms with E-state index in [1.165, 1.54) is 7.11 Å². The molecule has 0 atom stereocenters. The lowest BCUT2D eigenvalue weighted by molar-refractivity contribution is 0.214. The average molecular weight is 386 g/mol. The first-order valence-corrected chi connectivity index (χ1v) is 8.76. The predicted octanol–water partition coefficient (Wildman–Crippen LogP) is 5.97. The summed E-state index contributed by atoms with van der Waals surface area (Å²) in [5.74, 6) is 0.712. The second-order valence-electron chi connectivity index (χ2n) is 5.53. The van der Waals surface area contributed by atoms with Crippen molar-refractivity contribution in [2.24, 2.45) is 5.16 Å². The molecule has 0 bridgehead atoms. The van der Waals surface area contributed by atoms with Crippen molar-refractivity contribution in [1.29, 1.82) is 0 Å². The third-order valence-corrected chi connectivity index (χ3v) is 4.25. The number of benzene rings is 3. The van der Waals surface area contributed by atoms with Gasteiger partial charge in [0, 0.05) is 21.2 Å². The molecule has 26 heavy (non-hydrogen) atoms. The Morgan fingerprint density at radius 1 is 0.885 bits per heavy atom. The topological polar surface area (TPSA) is 30.8 Å². The van der Waals surface area contributed by atoms with Crippen LogP contribution < -0.4 is 4.74 Å². The lowest BCUT2D eigenvalue weighted by Crippen LogP contribution is -2.09. The van der Waals surface area contributed by atoms with E-state index >= 15 is 0 Å². The maximum atomic E-state index is 6.02. The van der Waals surface area contributed by atoms with Gasteiger partial charge in [-0.05, 0) is 35.9 Å². The SMILES string of the molecule is CO/N=C(/c1ccc(Cl)cc1)c1ccccc1COc1cccc(Cl)c1. The Morgan fingerprint density at radius 3 is 2.38 bits per heavy atom. The van der Waals surface area contributed by atoms with Gasteiger partial charge in [-0.25, -0.2) is 0 Å². The lowest BCUT2D eigenvalue weighted by atomic mass is 9.98. The fourth-order valence-electron chi connectivity index (χ4n) is 2.55. The van der Waals surface area contributed by atoms with Crippen LogP contribution in [0.15, 0.2) is 78.0 Å². The molecule has 3 nitrogen and oxygen atoms in total. The molecule has 0 radical (unpaired) electrons. The molecule has 0 saturated heterocycles. The minimum absolute atomic E-state index is 0.382. The maximum absolute atomic E-state index is 6.02. The van der Waals surface area contributed by atoms with Gasteiger partial charge in [0.15, 0.2) is 0 Å². The summed E-state index contributed by atoms with van der Waals surface area (Å²) in [4.78, 5) is 5.07. The first-order valence-electron chi connectivity index (χ1n) is 8.01. The Kier molecular flexibility index (Phi) is 6.16. The van der Waals surface area contributed by atoms with Gasteiger partial charge in [-0.3, -0.25) is 0 Å². The van der Waals surface area contributed by atoms with Crippen molar-refractivity contribution >= 4 is 28.9 Å². The van der Waals surface area contributed by atoms with Gasteiger partial charge < -0.3 is 9.57 Å². The van der Waals surface area contributed by atoms with Gasteiger partial charge >= 0.3 is 0 Å². The molecule has 0 amide bonds. The van der Waals surface area contributed by atoms with E-state index in [0.29, 0.717) is 22.4 Å². The zero-order valence-corrected chi connectivity index (χ0v) is 15.7. The number of oxime groups is 1. The molecule has 3 aromatic carbocycles. The molecule has 0 aliphatic rings. The molecular weight excluding hydrogens is 369 g/mol. The van der Waals surface area contributed by atoms with Crippen LogP contribution in [-0.4, -0.2) is 12.8 Å².